The number of nitrogens with one attached hydrogen (secondary N) is 3. The Hall–Kier alpha value is -1.43. The molecule has 0 radical (unpaired) electrons. The van der Waals surface area contributed by atoms with Crippen LogP contribution in [0.5, 0.6) is 0 Å². The van der Waals surface area contributed by atoms with E-state index >= 15 is 0 Å². The summed E-state index contributed by atoms with van der Waals surface area (Å²) in [5.74, 6) is 0.722. The lowest BCUT2D eigenvalue weighted by Gasteiger charge is -2.15. The molecule has 3 N–H and O–H groups in total. The molecule has 0 aliphatic carbocycles. The van der Waals surface area contributed by atoms with Gasteiger partial charge in [-0.25, -0.2) is 5.43 Å². The molecular formula is C20H32N4O. The van der Waals surface area contributed by atoms with Crippen LogP contribution in [0.3, 0.4) is 0 Å². The van der Waals surface area contributed by atoms with Gasteiger partial charge in [0.05, 0.1) is 0 Å². The third-order valence-corrected chi connectivity index (χ3v) is 5.15. The number of rotatable bonds is 7. The molecule has 0 aromatic heterocycles. The first-order valence-corrected chi connectivity index (χ1v) is 9.69. The highest BCUT2D eigenvalue weighted by Gasteiger charge is 2.29. The van der Waals surface area contributed by atoms with Gasteiger partial charge in [-0.2, -0.15) is 0 Å². The molecule has 0 bridgehead atoms. The molecule has 5 nitrogen and oxygen atoms in total. The smallest absolute Gasteiger partial charge is 0.238 e. The highest BCUT2D eigenvalue weighted by atomic mass is 16.2. The molecule has 2 unspecified atom stereocenters. The van der Waals surface area contributed by atoms with Crippen LogP contribution in [-0.4, -0.2) is 36.0 Å². The van der Waals surface area contributed by atoms with Crippen LogP contribution >= 0.6 is 0 Å². The van der Waals surface area contributed by atoms with Crippen molar-refractivity contribution in [3.05, 3.63) is 35.4 Å². The molecule has 0 saturated carbocycles. The highest BCUT2D eigenvalue weighted by molar-refractivity contribution is 5.82. The van der Waals surface area contributed by atoms with Crippen molar-refractivity contribution in [3.63, 3.8) is 0 Å². The van der Waals surface area contributed by atoms with Crippen LogP contribution in [0.1, 0.15) is 50.7 Å². The number of carbonyl (C=O) groups excluding carboxylic acids is 1. The molecular weight excluding hydrogens is 312 g/mol. The Balaban J connectivity index is 1.41. The quantitative estimate of drug-likeness (QED) is 0.710. The molecule has 1 aromatic rings. The van der Waals surface area contributed by atoms with Crippen LogP contribution in [0.15, 0.2) is 24.3 Å². The highest BCUT2D eigenvalue weighted by Crippen LogP contribution is 2.15. The summed E-state index contributed by atoms with van der Waals surface area (Å²) >= 11 is 0. The summed E-state index contributed by atoms with van der Waals surface area (Å²) in [5, 5.41) is 3.06. The molecule has 0 spiro atoms. The average Bonchev–Trinajstić information content (AvgIpc) is 3.25. The lowest BCUT2D eigenvalue weighted by molar-refractivity contribution is -0.123. The van der Waals surface area contributed by atoms with E-state index in [0.29, 0.717) is 18.5 Å². The largest absolute Gasteiger partial charge is 0.351 e. The van der Waals surface area contributed by atoms with Crippen LogP contribution in [0.4, 0.5) is 0 Å². The molecule has 1 aromatic carbocycles. The maximum absolute atomic E-state index is 12.3. The fraction of sp³-hybridized carbons (Fsp3) is 0.650. The first-order chi connectivity index (χ1) is 12.1. The number of hydrogen-bond acceptors (Lipinski definition) is 4. The molecule has 2 atom stereocenters. The SMILES string of the molecule is CC(C)CC1CC(C(=O)NCc2ccc(CN3CCCC3)cc2)NN1. The van der Waals surface area contributed by atoms with E-state index in [2.05, 4.69) is 59.2 Å². The first-order valence-electron chi connectivity index (χ1n) is 9.69. The van der Waals surface area contributed by atoms with E-state index in [1.54, 1.807) is 0 Å². The number of likely N-dealkylation sites (tertiary alicyclic amines) is 1. The zero-order valence-corrected chi connectivity index (χ0v) is 15.6. The molecule has 3 rings (SSSR count). The van der Waals surface area contributed by atoms with E-state index in [4.69, 9.17) is 0 Å². The van der Waals surface area contributed by atoms with Gasteiger partial charge in [0.1, 0.15) is 6.04 Å². The normalized spacial score (nSPS) is 24.1. The van der Waals surface area contributed by atoms with Gasteiger partial charge < -0.3 is 5.32 Å². The minimum absolute atomic E-state index is 0.0832. The van der Waals surface area contributed by atoms with Crippen molar-refractivity contribution in [1.82, 2.24) is 21.1 Å². The summed E-state index contributed by atoms with van der Waals surface area (Å²) in [7, 11) is 0. The Morgan fingerprint density at radius 3 is 2.52 bits per heavy atom. The molecule has 2 heterocycles. The molecule has 25 heavy (non-hydrogen) atoms. The van der Waals surface area contributed by atoms with Gasteiger partial charge in [-0.3, -0.25) is 15.1 Å². The van der Waals surface area contributed by atoms with Crippen LogP contribution in [0.2, 0.25) is 0 Å². The van der Waals surface area contributed by atoms with Crippen molar-refractivity contribution in [2.24, 2.45) is 5.92 Å². The Kier molecular flexibility index (Phi) is 6.45. The standard InChI is InChI=1S/C20H32N4O/c1-15(2)11-18-12-19(23-22-18)20(25)21-13-16-5-7-17(8-6-16)14-24-9-3-4-10-24/h5-8,15,18-19,22-23H,3-4,9-14H2,1-2H3,(H,21,25). The van der Waals surface area contributed by atoms with E-state index in [1.165, 1.54) is 31.5 Å². The number of nitrogens with zero attached hydrogens (tertiary/aromatic N) is 1. The molecule has 2 aliphatic rings. The zero-order valence-electron chi connectivity index (χ0n) is 15.6. The predicted molar refractivity (Wildman–Crippen MR) is 101 cm³/mol. The van der Waals surface area contributed by atoms with E-state index in [1.807, 2.05) is 0 Å². The third kappa shape index (κ3) is 5.53. The second-order valence-electron chi connectivity index (χ2n) is 7.92. The van der Waals surface area contributed by atoms with Gasteiger partial charge in [0.25, 0.3) is 0 Å². The topological polar surface area (TPSA) is 56.4 Å². The van der Waals surface area contributed by atoms with Gasteiger partial charge >= 0.3 is 0 Å². The van der Waals surface area contributed by atoms with Gasteiger partial charge in [0.2, 0.25) is 5.91 Å². The Labute approximate surface area is 151 Å². The predicted octanol–water partition coefficient (Wildman–Crippen LogP) is 2.18. The average molecular weight is 345 g/mol. The van der Waals surface area contributed by atoms with Crippen molar-refractivity contribution < 1.29 is 4.79 Å². The fourth-order valence-electron chi connectivity index (χ4n) is 3.79. The van der Waals surface area contributed by atoms with Crippen molar-refractivity contribution in [2.45, 2.75) is 64.7 Å². The minimum atomic E-state index is -0.127. The number of hydrogen-bond donors (Lipinski definition) is 3. The third-order valence-electron chi connectivity index (χ3n) is 5.15. The summed E-state index contributed by atoms with van der Waals surface area (Å²) in [6.45, 7) is 8.50. The summed E-state index contributed by atoms with van der Waals surface area (Å²) in [6.07, 6.45) is 4.60. The number of amides is 1. The number of carbonyl (C=O) groups is 1. The molecule has 2 saturated heterocycles. The van der Waals surface area contributed by atoms with E-state index in [0.717, 1.165) is 24.9 Å². The molecule has 1 amide bonds. The van der Waals surface area contributed by atoms with Crippen molar-refractivity contribution in [3.8, 4) is 0 Å². The van der Waals surface area contributed by atoms with E-state index in [9.17, 15) is 4.79 Å². The maximum Gasteiger partial charge on any atom is 0.238 e. The zero-order chi connectivity index (χ0) is 17.6. The van der Waals surface area contributed by atoms with Crippen LogP contribution < -0.4 is 16.2 Å². The second kappa shape index (κ2) is 8.79. The van der Waals surface area contributed by atoms with Crippen LogP contribution in [0, 0.1) is 5.92 Å². The van der Waals surface area contributed by atoms with Crippen LogP contribution in [-0.2, 0) is 17.9 Å². The lowest BCUT2D eigenvalue weighted by Crippen LogP contribution is -2.43. The van der Waals surface area contributed by atoms with Crippen molar-refractivity contribution in [1.29, 1.82) is 0 Å². The van der Waals surface area contributed by atoms with E-state index in [-0.39, 0.29) is 11.9 Å². The monoisotopic (exact) mass is 344 g/mol. The number of benzene rings is 1. The second-order valence-corrected chi connectivity index (χ2v) is 7.92. The number of hydrazine groups is 1. The van der Waals surface area contributed by atoms with Gasteiger partial charge in [0, 0.05) is 19.1 Å². The van der Waals surface area contributed by atoms with Crippen molar-refractivity contribution >= 4 is 5.91 Å². The Morgan fingerprint density at radius 1 is 1.16 bits per heavy atom. The molecule has 5 heteroatoms. The van der Waals surface area contributed by atoms with Crippen molar-refractivity contribution in [2.75, 3.05) is 13.1 Å². The molecule has 2 aliphatic heterocycles. The minimum Gasteiger partial charge on any atom is -0.351 e. The first kappa shape index (κ1) is 18.4. The van der Waals surface area contributed by atoms with Gasteiger partial charge in [-0.1, -0.05) is 38.1 Å². The summed E-state index contributed by atoms with van der Waals surface area (Å²) in [4.78, 5) is 14.8. The summed E-state index contributed by atoms with van der Waals surface area (Å²) in [5.41, 5.74) is 8.89. The van der Waals surface area contributed by atoms with Gasteiger partial charge in [-0.05, 0) is 55.8 Å². The lowest BCUT2D eigenvalue weighted by atomic mass is 10.00. The molecule has 138 valence electrons. The molecule has 2 fully saturated rings. The van der Waals surface area contributed by atoms with E-state index < -0.39 is 0 Å². The Morgan fingerprint density at radius 2 is 1.84 bits per heavy atom. The Bertz CT molecular complexity index is 551. The summed E-state index contributed by atoms with van der Waals surface area (Å²) in [6, 6.07) is 8.90. The van der Waals surface area contributed by atoms with Gasteiger partial charge in [0.15, 0.2) is 0 Å². The fourth-order valence-corrected chi connectivity index (χ4v) is 3.79. The maximum atomic E-state index is 12.3. The summed E-state index contributed by atoms with van der Waals surface area (Å²) < 4.78 is 0. The van der Waals surface area contributed by atoms with Crippen LogP contribution in [0.25, 0.3) is 0 Å². The van der Waals surface area contributed by atoms with Gasteiger partial charge in [-0.15, -0.1) is 0 Å².